The highest BCUT2D eigenvalue weighted by atomic mass is 16.6. The number of fused-ring (bicyclic) bond motifs is 1. The molecule has 23 heavy (non-hydrogen) atoms. The summed E-state index contributed by atoms with van der Waals surface area (Å²) in [5, 5.41) is 28.0. The molecule has 6 atom stereocenters. The molecule has 3 aliphatic heterocycles. The second-order valence-electron chi connectivity index (χ2n) is 5.59. The Labute approximate surface area is 131 Å². The Balaban J connectivity index is 1.83. The standard InChI is InChI=1S/C13H18N4O6/c1-4-15-2-5(12(20)16-4)9-8(19)11-10(23-9)7(17-13(14)21)6(18)3-22-11/h2,6-11,15,18-19H,1,3H2,(H,16,20)(H3,14,17,21). The van der Waals surface area contributed by atoms with Gasteiger partial charge in [-0.1, -0.05) is 6.58 Å². The van der Waals surface area contributed by atoms with Gasteiger partial charge in [-0.25, -0.2) is 4.79 Å². The molecule has 0 spiro atoms. The maximum absolute atomic E-state index is 12.0. The largest absolute Gasteiger partial charge is 0.388 e. The van der Waals surface area contributed by atoms with Crippen molar-refractivity contribution in [1.82, 2.24) is 16.0 Å². The molecule has 0 aromatic rings. The Hall–Kier alpha value is -2.14. The van der Waals surface area contributed by atoms with Gasteiger partial charge in [0, 0.05) is 6.20 Å². The Morgan fingerprint density at radius 3 is 2.83 bits per heavy atom. The van der Waals surface area contributed by atoms with Crippen molar-refractivity contribution in [3.63, 3.8) is 0 Å². The topological polar surface area (TPSA) is 155 Å². The SMILES string of the molecule is C=C1NC=C(C2OC3C(NC(N)=O)C(O)COC3C2O)C(=O)N1. The van der Waals surface area contributed by atoms with Crippen LogP contribution in [0.3, 0.4) is 0 Å². The summed E-state index contributed by atoms with van der Waals surface area (Å²) in [7, 11) is 0. The number of carbonyl (C=O) groups excluding carboxylic acids is 2. The van der Waals surface area contributed by atoms with E-state index in [1.54, 1.807) is 0 Å². The number of primary amides is 1. The van der Waals surface area contributed by atoms with Crippen molar-refractivity contribution in [3.8, 4) is 0 Å². The first-order valence-corrected chi connectivity index (χ1v) is 7.04. The first kappa shape index (κ1) is 15.7. The molecule has 0 saturated carbocycles. The number of aliphatic hydroxyl groups is 2. The summed E-state index contributed by atoms with van der Waals surface area (Å²) in [6, 6.07) is -1.68. The third kappa shape index (κ3) is 2.77. The molecule has 2 saturated heterocycles. The molecule has 0 radical (unpaired) electrons. The molecule has 6 unspecified atom stereocenters. The van der Waals surface area contributed by atoms with E-state index in [0.29, 0.717) is 5.82 Å². The highest BCUT2D eigenvalue weighted by Crippen LogP contribution is 2.34. The van der Waals surface area contributed by atoms with E-state index < -0.39 is 48.5 Å². The van der Waals surface area contributed by atoms with Crippen LogP contribution in [-0.4, -0.2) is 65.3 Å². The third-order valence-corrected chi connectivity index (χ3v) is 4.05. The summed E-state index contributed by atoms with van der Waals surface area (Å²) >= 11 is 0. The van der Waals surface area contributed by atoms with Crippen LogP contribution >= 0.6 is 0 Å². The number of nitrogens with one attached hydrogen (secondary N) is 3. The summed E-state index contributed by atoms with van der Waals surface area (Å²) in [5.41, 5.74) is 5.26. The fourth-order valence-electron chi connectivity index (χ4n) is 3.00. The average Bonchev–Trinajstić information content (AvgIpc) is 2.79. The number of hydrogen-bond donors (Lipinski definition) is 6. The zero-order valence-corrected chi connectivity index (χ0v) is 12.1. The van der Waals surface area contributed by atoms with Crippen LogP contribution in [0.2, 0.25) is 0 Å². The monoisotopic (exact) mass is 326 g/mol. The number of carbonyl (C=O) groups is 2. The quantitative estimate of drug-likeness (QED) is 0.315. The van der Waals surface area contributed by atoms with E-state index >= 15 is 0 Å². The molecule has 7 N–H and O–H groups in total. The minimum Gasteiger partial charge on any atom is -0.388 e. The van der Waals surface area contributed by atoms with Crippen molar-refractivity contribution >= 4 is 11.9 Å². The molecule has 3 aliphatic rings. The molecule has 3 amide bonds. The summed E-state index contributed by atoms with van der Waals surface area (Å²) < 4.78 is 11.1. The van der Waals surface area contributed by atoms with Crippen molar-refractivity contribution in [2.75, 3.05) is 6.61 Å². The predicted molar refractivity (Wildman–Crippen MR) is 75.4 cm³/mol. The summed E-state index contributed by atoms with van der Waals surface area (Å²) in [5.74, 6) is -0.153. The van der Waals surface area contributed by atoms with Gasteiger partial charge in [0.25, 0.3) is 5.91 Å². The number of aliphatic hydroxyl groups excluding tert-OH is 2. The molecule has 10 nitrogen and oxygen atoms in total. The molecule has 0 bridgehead atoms. The van der Waals surface area contributed by atoms with Crippen molar-refractivity contribution in [2.45, 2.75) is 36.6 Å². The number of ether oxygens (including phenoxy) is 2. The molecular formula is C13H18N4O6. The number of rotatable bonds is 2. The van der Waals surface area contributed by atoms with Crippen LogP contribution in [-0.2, 0) is 14.3 Å². The molecule has 10 heteroatoms. The molecule has 2 fully saturated rings. The number of urea groups is 1. The van der Waals surface area contributed by atoms with Gasteiger partial charge in [-0.15, -0.1) is 0 Å². The van der Waals surface area contributed by atoms with Gasteiger partial charge < -0.3 is 41.4 Å². The Bertz CT molecular complexity index is 579. The van der Waals surface area contributed by atoms with Crippen molar-refractivity contribution in [2.24, 2.45) is 5.73 Å². The molecule has 126 valence electrons. The second-order valence-corrected chi connectivity index (χ2v) is 5.59. The van der Waals surface area contributed by atoms with E-state index in [1.165, 1.54) is 6.20 Å². The summed E-state index contributed by atoms with van der Waals surface area (Å²) in [6.45, 7) is 3.46. The van der Waals surface area contributed by atoms with E-state index in [0.717, 1.165) is 0 Å². The lowest BCUT2D eigenvalue weighted by molar-refractivity contribution is -0.134. The van der Waals surface area contributed by atoms with Gasteiger partial charge >= 0.3 is 6.03 Å². The molecule has 3 heterocycles. The van der Waals surface area contributed by atoms with Crippen LogP contribution in [0.1, 0.15) is 0 Å². The van der Waals surface area contributed by atoms with Gasteiger partial charge in [-0.05, 0) is 0 Å². The van der Waals surface area contributed by atoms with E-state index in [2.05, 4.69) is 22.5 Å². The van der Waals surface area contributed by atoms with E-state index in [4.69, 9.17) is 15.2 Å². The van der Waals surface area contributed by atoms with Gasteiger partial charge in [-0.3, -0.25) is 4.79 Å². The average molecular weight is 326 g/mol. The fraction of sp³-hybridized carbons (Fsp3) is 0.538. The van der Waals surface area contributed by atoms with Crippen LogP contribution in [0.25, 0.3) is 0 Å². The lowest BCUT2D eigenvalue weighted by atomic mass is 9.93. The fourth-order valence-corrected chi connectivity index (χ4v) is 3.00. The van der Waals surface area contributed by atoms with Crippen LogP contribution < -0.4 is 21.7 Å². The number of nitrogens with two attached hydrogens (primary N) is 1. The van der Waals surface area contributed by atoms with Gasteiger partial charge in [0.2, 0.25) is 0 Å². The van der Waals surface area contributed by atoms with Crippen molar-refractivity contribution < 1.29 is 29.3 Å². The number of hydrogen-bond acceptors (Lipinski definition) is 7. The smallest absolute Gasteiger partial charge is 0.312 e. The highest BCUT2D eigenvalue weighted by molar-refractivity contribution is 5.96. The van der Waals surface area contributed by atoms with Crippen LogP contribution in [0.4, 0.5) is 4.79 Å². The first-order valence-electron chi connectivity index (χ1n) is 7.04. The Morgan fingerprint density at radius 1 is 1.43 bits per heavy atom. The molecule has 3 rings (SSSR count). The Kier molecular flexibility index (Phi) is 3.98. The molecule has 0 aromatic carbocycles. The van der Waals surface area contributed by atoms with Gasteiger partial charge in [-0.2, -0.15) is 0 Å². The third-order valence-electron chi connectivity index (χ3n) is 4.05. The Morgan fingerprint density at radius 2 is 2.17 bits per heavy atom. The lowest BCUT2D eigenvalue weighted by Crippen LogP contribution is -2.61. The van der Waals surface area contributed by atoms with Crippen LogP contribution in [0.15, 0.2) is 24.2 Å². The zero-order chi connectivity index (χ0) is 16.7. The number of amides is 3. The lowest BCUT2D eigenvalue weighted by Gasteiger charge is -2.36. The normalized spacial score (nSPS) is 39.8. The van der Waals surface area contributed by atoms with Crippen LogP contribution in [0, 0.1) is 0 Å². The van der Waals surface area contributed by atoms with E-state index in [9.17, 15) is 19.8 Å². The first-order chi connectivity index (χ1) is 10.9. The van der Waals surface area contributed by atoms with Crippen molar-refractivity contribution in [3.05, 3.63) is 24.2 Å². The van der Waals surface area contributed by atoms with E-state index in [1.807, 2.05) is 0 Å². The van der Waals surface area contributed by atoms with Gasteiger partial charge in [0.1, 0.15) is 36.3 Å². The van der Waals surface area contributed by atoms with E-state index in [-0.39, 0.29) is 12.2 Å². The predicted octanol–water partition coefficient (Wildman–Crippen LogP) is -3.01. The molecule has 0 aliphatic carbocycles. The minimum atomic E-state index is -1.14. The maximum atomic E-state index is 12.0. The van der Waals surface area contributed by atoms with Crippen molar-refractivity contribution in [1.29, 1.82) is 0 Å². The summed E-state index contributed by atoms with van der Waals surface area (Å²) in [4.78, 5) is 23.1. The summed E-state index contributed by atoms with van der Waals surface area (Å²) in [6.07, 6.45) is -3.42. The minimum absolute atomic E-state index is 0.0977. The molecule has 0 aromatic heterocycles. The second kappa shape index (κ2) is 5.81. The highest BCUT2D eigenvalue weighted by Gasteiger charge is 2.54. The maximum Gasteiger partial charge on any atom is 0.312 e. The zero-order valence-electron chi connectivity index (χ0n) is 12.1. The van der Waals surface area contributed by atoms with Gasteiger partial charge in [0.05, 0.1) is 18.2 Å². The van der Waals surface area contributed by atoms with Crippen LogP contribution in [0.5, 0.6) is 0 Å². The molecular weight excluding hydrogens is 308 g/mol. The van der Waals surface area contributed by atoms with Gasteiger partial charge in [0.15, 0.2) is 0 Å².